The van der Waals surface area contributed by atoms with E-state index in [4.69, 9.17) is 9.15 Å². The molecule has 2 aromatic rings. The molecule has 4 nitrogen and oxygen atoms in total. The van der Waals surface area contributed by atoms with Gasteiger partial charge in [-0.2, -0.15) is 0 Å². The second-order valence-corrected chi connectivity index (χ2v) is 4.77. The molecule has 0 unspecified atom stereocenters. The Kier molecular flexibility index (Phi) is 4.49. The minimum absolute atomic E-state index is 0.803. The number of benzene rings is 1. The minimum atomic E-state index is 0.803. The van der Waals surface area contributed by atoms with E-state index < -0.39 is 0 Å². The van der Waals surface area contributed by atoms with Crippen molar-refractivity contribution in [2.24, 2.45) is 4.99 Å². The molecule has 108 valence electrons. The Hall–Kier alpha value is -2.33. The molecule has 0 atom stereocenters. The Morgan fingerprint density at radius 2 is 1.86 bits per heavy atom. The van der Waals surface area contributed by atoms with Crippen LogP contribution >= 0.6 is 0 Å². The minimum Gasteiger partial charge on any atom is -0.465 e. The van der Waals surface area contributed by atoms with Gasteiger partial charge in [-0.05, 0) is 48.6 Å². The summed E-state index contributed by atoms with van der Waals surface area (Å²) < 4.78 is 10.6. The zero-order chi connectivity index (χ0) is 14.3. The van der Waals surface area contributed by atoms with Crippen LogP contribution in [-0.4, -0.2) is 32.5 Å². The van der Waals surface area contributed by atoms with E-state index in [1.54, 1.807) is 12.5 Å². The largest absolute Gasteiger partial charge is 0.465 e. The Labute approximate surface area is 124 Å². The molecule has 0 radical (unpaired) electrons. The molecule has 21 heavy (non-hydrogen) atoms. The van der Waals surface area contributed by atoms with Crippen molar-refractivity contribution in [3.05, 3.63) is 54.5 Å². The SMILES string of the molecule is C(/C=C/c1ccco1)=Nc1ccc(N2CCOCC2)cc1. The van der Waals surface area contributed by atoms with Crippen molar-refractivity contribution < 1.29 is 9.15 Å². The smallest absolute Gasteiger partial charge is 0.126 e. The zero-order valence-corrected chi connectivity index (χ0v) is 11.8. The molecule has 0 amide bonds. The monoisotopic (exact) mass is 282 g/mol. The van der Waals surface area contributed by atoms with E-state index in [-0.39, 0.29) is 0 Å². The quantitative estimate of drug-likeness (QED) is 0.805. The first-order valence-electron chi connectivity index (χ1n) is 7.09. The van der Waals surface area contributed by atoms with Crippen molar-refractivity contribution in [1.29, 1.82) is 0 Å². The first-order valence-corrected chi connectivity index (χ1v) is 7.09. The molecule has 1 aliphatic rings. The fourth-order valence-electron chi connectivity index (χ4n) is 2.22. The van der Waals surface area contributed by atoms with Gasteiger partial charge in [0.25, 0.3) is 0 Å². The number of rotatable bonds is 4. The third-order valence-electron chi connectivity index (χ3n) is 3.34. The fourth-order valence-corrected chi connectivity index (χ4v) is 2.22. The van der Waals surface area contributed by atoms with Gasteiger partial charge in [-0.3, -0.25) is 4.99 Å². The number of hydrogen-bond donors (Lipinski definition) is 0. The molecule has 0 spiro atoms. The van der Waals surface area contributed by atoms with Crippen molar-refractivity contribution in [2.75, 3.05) is 31.2 Å². The van der Waals surface area contributed by atoms with Crippen LogP contribution in [0.25, 0.3) is 6.08 Å². The lowest BCUT2D eigenvalue weighted by Gasteiger charge is -2.28. The van der Waals surface area contributed by atoms with Gasteiger partial charge >= 0.3 is 0 Å². The van der Waals surface area contributed by atoms with E-state index in [2.05, 4.69) is 22.0 Å². The van der Waals surface area contributed by atoms with Crippen LogP contribution in [0.5, 0.6) is 0 Å². The van der Waals surface area contributed by atoms with Crippen molar-refractivity contribution in [3.8, 4) is 0 Å². The summed E-state index contributed by atoms with van der Waals surface area (Å²) in [5.41, 5.74) is 2.17. The Morgan fingerprint density at radius 1 is 1.05 bits per heavy atom. The lowest BCUT2D eigenvalue weighted by Crippen LogP contribution is -2.36. The average Bonchev–Trinajstić information content (AvgIpc) is 3.06. The van der Waals surface area contributed by atoms with Crippen molar-refractivity contribution in [1.82, 2.24) is 0 Å². The van der Waals surface area contributed by atoms with Crippen molar-refractivity contribution in [3.63, 3.8) is 0 Å². The molecule has 1 aromatic heterocycles. The predicted octanol–water partition coefficient (Wildman–Crippen LogP) is 3.53. The average molecular weight is 282 g/mol. The van der Waals surface area contributed by atoms with Gasteiger partial charge in [0, 0.05) is 25.0 Å². The van der Waals surface area contributed by atoms with Crippen LogP contribution in [0.15, 0.2) is 58.1 Å². The molecular weight excluding hydrogens is 264 g/mol. The van der Waals surface area contributed by atoms with E-state index in [1.165, 1.54) is 5.69 Å². The molecule has 1 saturated heterocycles. The Bertz CT molecular complexity index is 594. The second-order valence-electron chi connectivity index (χ2n) is 4.77. The second kappa shape index (κ2) is 6.90. The zero-order valence-electron chi connectivity index (χ0n) is 11.8. The van der Waals surface area contributed by atoms with Crippen LogP contribution < -0.4 is 4.90 Å². The highest BCUT2D eigenvalue weighted by atomic mass is 16.5. The van der Waals surface area contributed by atoms with Crippen LogP contribution in [0.1, 0.15) is 5.76 Å². The molecule has 0 N–H and O–H groups in total. The van der Waals surface area contributed by atoms with Crippen LogP contribution in [0.4, 0.5) is 11.4 Å². The summed E-state index contributed by atoms with van der Waals surface area (Å²) in [5, 5.41) is 0. The van der Waals surface area contributed by atoms with Gasteiger partial charge in [-0.25, -0.2) is 0 Å². The lowest BCUT2D eigenvalue weighted by atomic mass is 10.2. The molecule has 0 bridgehead atoms. The number of allylic oxidation sites excluding steroid dienone is 1. The summed E-state index contributed by atoms with van der Waals surface area (Å²) in [4.78, 5) is 6.72. The van der Waals surface area contributed by atoms with E-state index in [1.807, 2.05) is 36.4 Å². The maximum atomic E-state index is 5.36. The molecule has 4 heteroatoms. The maximum Gasteiger partial charge on any atom is 0.126 e. The fraction of sp³-hybridized carbons (Fsp3) is 0.235. The maximum absolute atomic E-state index is 5.36. The molecule has 3 rings (SSSR count). The van der Waals surface area contributed by atoms with E-state index in [0.29, 0.717) is 0 Å². The number of furan rings is 1. The van der Waals surface area contributed by atoms with Gasteiger partial charge in [0.2, 0.25) is 0 Å². The van der Waals surface area contributed by atoms with Gasteiger partial charge in [0.05, 0.1) is 25.2 Å². The first-order chi connectivity index (χ1) is 10.4. The summed E-state index contributed by atoms with van der Waals surface area (Å²) >= 11 is 0. The van der Waals surface area contributed by atoms with Gasteiger partial charge in [0.1, 0.15) is 5.76 Å². The van der Waals surface area contributed by atoms with Crippen molar-refractivity contribution >= 4 is 23.7 Å². The normalized spacial score (nSPS) is 16.1. The number of hydrogen-bond acceptors (Lipinski definition) is 4. The summed E-state index contributed by atoms with van der Waals surface area (Å²) in [7, 11) is 0. The molecule has 0 saturated carbocycles. The summed E-state index contributed by atoms with van der Waals surface area (Å²) in [6, 6.07) is 12.0. The highest BCUT2D eigenvalue weighted by molar-refractivity contribution is 5.79. The highest BCUT2D eigenvalue weighted by Gasteiger charge is 2.10. The van der Waals surface area contributed by atoms with Crippen LogP contribution in [-0.2, 0) is 4.74 Å². The molecule has 1 fully saturated rings. The summed E-state index contributed by atoms with van der Waals surface area (Å²) in [6.07, 6.45) is 7.17. The predicted molar refractivity (Wildman–Crippen MR) is 85.4 cm³/mol. The third-order valence-corrected chi connectivity index (χ3v) is 3.34. The Balaban J connectivity index is 1.58. The summed E-state index contributed by atoms with van der Waals surface area (Å²) in [5.74, 6) is 0.823. The highest BCUT2D eigenvalue weighted by Crippen LogP contribution is 2.20. The topological polar surface area (TPSA) is 38.0 Å². The van der Waals surface area contributed by atoms with E-state index in [9.17, 15) is 0 Å². The number of nitrogens with zero attached hydrogens (tertiary/aromatic N) is 2. The standard InChI is InChI=1S/C17H18N2O2/c1(3-17-4-2-12-21-17)9-18-15-5-7-16(8-6-15)19-10-13-20-14-11-19/h1-9,12H,10-11,13-14H2/b3-1+,18-9?. The molecule has 1 aromatic carbocycles. The van der Waals surface area contributed by atoms with Gasteiger partial charge < -0.3 is 14.1 Å². The molecule has 0 aliphatic carbocycles. The molecular formula is C17H18N2O2. The number of ether oxygens (including phenoxy) is 1. The molecule has 1 aliphatic heterocycles. The molecule has 2 heterocycles. The van der Waals surface area contributed by atoms with Crippen LogP contribution in [0.3, 0.4) is 0 Å². The van der Waals surface area contributed by atoms with E-state index >= 15 is 0 Å². The van der Waals surface area contributed by atoms with E-state index in [0.717, 1.165) is 37.8 Å². The number of aliphatic imine (C=N–C) groups is 1. The van der Waals surface area contributed by atoms with Crippen LogP contribution in [0, 0.1) is 0 Å². The number of anilines is 1. The lowest BCUT2D eigenvalue weighted by molar-refractivity contribution is 0.122. The van der Waals surface area contributed by atoms with Crippen LogP contribution in [0.2, 0.25) is 0 Å². The Morgan fingerprint density at radius 3 is 2.57 bits per heavy atom. The summed E-state index contributed by atoms with van der Waals surface area (Å²) in [6.45, 7) is 3.51. The van der Waals surface area contributed by atoms with Crippen molar-refractivity contribution in [2.45, 2.75) is 0 Å². The van der Waals surface area contributed by atoms with Gasteiger partial charge in [-0.15, -0.1) is 0 Å². The third kappa shape index (κ3) is 3.83. The van der Waals surface area contributed by atoms with Gasteiger partial charge in [0.15, 0.2) is 0 Å². The van der Waals surface area contributed by atoms with Gasteiger partial charge in [-0.1, -0.05) is 0 Å². The first kappa shape index (κ1) is 13.6. The number of morpholine rings is 1.